The highest BCUT2D eigenvalue weighted by atomic mass is 35.5. The van der Waals surface area contributed by atoms with Crippen LogP contribution in [0.3, 0.4) is 0 Å². The van der Waals surface area contributed by atoms with E-state index in [1.54, 1.807) is 0 Å². The molecule has 0 radical (unpaired) electrons. The van der Waals surface area contributed by atoms with Gasteiger partial charge in [-0.25, -0.2) is 0 Å². The standard InChI is InChI=1S/C18H27ClO2/c1-2-3-4-5-6-7-8-9-15-13-17(20)16-12-14(19)10-11-18(16)21-15/h10-12,15,17,20H,2-9,13H2,1H3. The van der Waals surface area contributed by atoms with Crippen LogP contribution < -0.4 is 4.74 Å². The number of halogens is 1. The number of unbranched alkanes of at least 4 members (excludes halogenated alkanes) is 6. The van der Waals surface area contributed by atoms with Crippen molar-refractivity contribution in [1.29, 1.82) is 0 Å². The van der Waals surface area contributed by atoms with Crippen LogP contribution in [0.2, 0.25) is 5.02 Å². The van der Waals surface area contributed by atoms with Crippen molar-refractivity contribution in [3.8, 4) is 5.75 Å². The molecule has 0 amide bonds. The van der Waals surface area contributed by atoms with Crippen molar-refractivity contribution in [3.05, 3.63) is 28.8 Å². The summed E-state index contributed by atoms with van der Waals surface area (Å²) in [5, 5.41) is 10.9. The second-order valence-corrected chi connectivity index (χ2v) is 6.52. The summed E-state index contributed by atoms with van der Waals surface area (Å²) < 4.78 is 5.98. The normalized spacial score (nSPS) is 20.9. The number of fused-ring (bicyclic) bond motifs is 1. The summed E-state index contributed by atoms with van der Waals surface area (Å²) in [6, 6.07) is 5.51. The molecule has 1 heterocycles. The highest BCUT2D eigenvalue weighted by Crippen LogP contribution is 2.37. The molecule has 2 rings (SSSR count). The van der Waals surface area contributed by atoms with Gasteiger partial charge in [-0.3, -0.25) is 0 Å². The molecule has 0 saturated heterocycles. The molecule has 1 aromatic rings. The molecule has 1 aliphatic heterocycles. The Morgan fingerprint density at radius 2 is 1.86 bits per heavy atom. The minimum atomic E-state index is -0.443. The Bertz CT molecular complexity index is 433. The third-order valence-electron chi connectivity index (χ3n) is 4.24. The molecule has 0 spiro atoms. The van der Waals surface area contributed by atoms with E-state index in [1.807, 2.05) is 18.2 Å². The maximum absolute atomic E-state index is 10.2. The van der Waals surface area contributed by atoms with Gasteiger partial charge in [0, 0.05) is 17.0 Å². The van der Waals surface area contributed by atoms with Gasteiger partial charge in [-0.05, 0) is 31.0 Å². The van der Waals surface area contributed by atoms with Crippen molar-refractivity contribution >= 4 is 11.6 Å². The molecule has 0 saturated carbocycles. The molecular weight excluding hydrogens is 284 g/mol. The SMILES string of the molecule is CCCCCCCCCC1CC(O)c2cc(Cl)ccc2O1. The third kappa shape index (κ3) is 5.19. The van der Waals surface area contributed by atoms with E-state index in [0.29, 0.717) is 11.4 Å². The first-order chi connectivity index (χ1) is 10.2. The molecule has 1 aromatic carbocycles. The lowest BCUT2D eigenvalue weighted by Crippen LogP contribution is -2.25. The van der Waals surface area contributed by atoms with Gasteiger partial charge in [-0.2, -0.15) is 0 Å². The lowest BCUT2D eigenvalue weighted by atomic mass is 9.96. The first-order valence-electron chi connectivity index (χ1n) is 8.35. The molecule has 2 atom stereocenters. The molecule has 118 valence electrons. The fourth-order valence-corrected chi connectivity index (χ4v) is 3.18. The van der Waals surface area contributed by atoms with E-state index in [1.165, 1.54) is 44.9 Å². The molecule has 0 aromatic heterocycles. The Morgan fingerprint density at radius 1 is 1.14 bits per heavy atom. The van der Waals surface area contributed by atoms with Crippen molar-refractivity contribution in [1.82, 2.24) is 0 Å². The molecule has 2 nitrogen and oxygen atoms in total. The van der Waals surface area contributed by atoms with Gasteiger partial charge in [0.05, 0.1) is 6.10 Å². The Morgan fingerprint density at radius 3 is 2.62 bits per heavy atom. The highest BCUT2D eigenvalue weighted by Gasteiger charge is 2.26. The van der Waals surface area contributed by atoms with Crippen molar-refractivity contribution in [3.63, 3.8) is 0 Å². The van der Waals surface area contributed by atoms with Crippen LogP contribution >= 0.6 is 11.6 Å². The minimum absolute atomic E-state index is 0.143. The summed E-state index contributed by atoms with van der Waals surface area (Å²) in [6.07, 6.45) is 10.6. The molecule has 3 heteroatoms. The van der Waals surface area contributed by atoms with Gasteiger partial charge in [-0.1, -0.05) is 57.0 Å². The van der Waals surface area contributed by atoms with E-state index in [9.17, 15) is 5.11 Å². The van der Waals surface area contributed by atoms with E-state index in [-0.39, 0.29) is 6.10 Å². The van der Waals surface area contributed by atoms with Crippen molar-refractivity contribution in [2.45, 2.75) is 76.9 Å². The Hall–Kier alpha value is -0.730. The number of hydrogen-bond acceptors (Lipinski definition) is 2. The van der Waals surface area contributed by atoms with Crippen molar-refractivity contribution < 1.29 is 9.84 Å². The number of benzene rings is 1. The monoisotopic (exact) mass is 310 g/mol. The quantitative estimate of drug-likeness (QED) is 0.627. The first kappa shape index (κ1) is 16.6. The van der Waals surface area contributed by atoms with Crippen LogP contribution in [0.25, 0.3) is 0 Å². The molecular formula is C18H27ClO2. The van der Waals surface area contributed by atoms with E-state index in [2.05, 4.69) is 6.92 Å². The minimum Gasteiger partial charge on any atom is -0.490 e. The summed E-state index contributed by atoms with van der Waals surface area (Å²) in [5.41, 5.74) is 0.832. The average molecular weight is 311 g/mol. The average Bonchev–Trinajstić information content (AvgIpc) is 2.47. The molecule has 21 heavy (non-hydrogen) atoms. The number of aliphatic hydroxyl groups is 1. The van der Waals surface area contributed by atoms with Gasteiger partial charge >= 0.3 is 0 Å². The second-order valence-electron chi connectivity index (χ2n) is 6.08. The number of aliphatic hydroxyl groups excluding tert-OH is 1. The van der Waals surface area contributed by atoms with Gasteiger partial charge < -0.3 is 9.84 Å². The summed E-state index contributed by atoms with van der Waals surface area (Å²) in [4.78, 5) is 0. The topological polar surface area (TPSA) is 29.5 Å². The Balaban J connectivity index is 1.70. The largest absolute Gasteiger partial charge is 0.490 e. The summed E-state index contributed by atoms with van der Waals surface area (Å²) in [7, 11) is 0. The van der Waals surface area contributed by atoms with E-state index in [4.69, 9.17) is 16.3 Å². The van der Waals surface area contributed by atoms with Crippen molar-refractivity contribution in [2.24, 2.45) is 0 Å². The van der Waals surface area contributed by atoms with Gasteiger partial charge in [0.1, 0.15) is 11.9 Å². The van der Waals surface area contributed by atoms with Gasteiger partial charge in [0.2, 0.25) is 0 Å². The maximum atomic E-state index is 10.2. The van der Waals surface area contributed by atoms with Crippen LogP contribution in [0.1, 0.15) is 76.4 Å². The fourth-order valence-electron chi connectivity index (χ4n) is 3.00. The molecule has 1 aliphatic rings. The third-order valence-corrected chi connectivity index (χ3v) is 4.48. The number of ether oxygens (including phenoxy) is 1. The summed E-state index contributed by atoms with van der Waals surface area (Å²) >= 11 is 5.97. The number of hydrogen-bond donors (Lipinski definition) is 1. The summed E-state index contributed by atoms with van der Waals surface area (Å²) in [6.45, 7) is 2.25. The predicted molar refractivity (Wildman–Crippen MR) is 88.1 cm³/mol. The Labute approximate surface area is 133 Å². The molecule has 2 unspecified atom stereocenters. The molecule has 0 fully saturated rings. The highest BCUT2D eigenvalue weighted by molar-refractivity contribution is 6.30. The lowest BCUT2D eigenvalue weighted by molar-refractivity contribution is 0.0605. The van der Waals surface area contributed by atoms with Crippen LogP contribution in [0.4, 0.5) is 0 Å². The van der Waals surface area contributed by atoms with Crippen LogP contribution in [0, 0.1) is 0 Å². The smallest absolute Gasteiger partial charge is 0.125 e. The van der Waals surface area contributed by atoms with Crippen LogP contribution in [0.15, 0.2) is 18.2 Å². The Kier molecular flexibility index (Phi) is 6.85. The second kappa shape index (κ2) is 8.65. The zero-order valence-electron chi connectivity index (χ0n) is 13.0. The van der Waals surface area contributed by atoms with Crippen LogP contribution in [0.5, 0.6) is 5.75 Å². The van der Waals surface area contributed by atoms with Gasteiger partial charge in [0.15, 0.2) is 0 Å². The van der Waals surface area contributed by atoms with E-state index in [0.717, 1.165) is 17.7 Å². The van der Waals surface area contributed by atoms with Gasteiger partial charge in [-0.15, -0.1) is 0 Å². The number of rotatable bonds is 8. The predicted octanol–water partition coefficient (Wildman–Crippen LogP) is 5.67. The van der Waals surface area contributed by atoms with Gasteiger partial charge in [0.25, 0.3) is 0 Å². The molecule has 0 aliphatic carbocycles. The maximum Gasteiger partial charge on any atom is 0.125 e. The fraction of sp³-hybridized carbons (Fsp3) is 0.667. The first-order valence-corrected chi connectivity index (χ1v) is 8.72. The van der Waals surface area contributed by atoms with Crippen LogP contribution in [-0.4, -0.2) is 11.2 Å². The lowest BCUT2D eigenvalue weighted by Gasteiger charge is -2.29. The summed E-state index contributed by atoms with van der Waals surface area (Å²) in [5.74, 6) is 0.797. The zero-order valence-corrected chi connectivity index (χ0v) is 13.7. The zero-order chi connectivity index (χ0) is 15.1. The van der Waals surface area contributed by atoms with E-state index < -0.39 is 6.10 Å². The molecule has 0 bridgehead atoms. The van der Waals surface area contributed by atoms with E-state index >= 15 is 0 Å². The molecule has 1 N–H and O–H groups in total. The van der Waals surface area contributed by atoms with Crippen LogP contribution in [-0.2, 0) is 0 Å². The van der Waals surface area contributed by atoms with Crippen molar-refractivity contribution in [2.75, 3.05) is 0 Å².